The molecule has 1 aromatic heterocycles. The van der Waals surface area contributed by atoms with Crippen molar-refractivity contribution in [2.75, 3.05) is 23.3 Å². The van der Waals surface area contributed by atoms with Crippen molar-refractivity contribution in [1.82, 2.24) is 10.2 Å². The number of aromatic nitrogens is 2. The summed E-state index contributed by atoms with van der Waals surface area (Å²) in [5, 5.41) is 12.3. The highest BCUT2D eigenvalue weighted by molar-refractivity contribution is 6.42. The van der Waals surface area contributed by atoms with Crippen LogP contribution in [-0.4, -0.2) is 29.2 Å². The molecule has 7 heteroatoms. The van der Waals surface area contributed by atoms with E-state index in [2.05, 4.69) is 20.4 Å². The van der Waals surface area contributed by atoms with Crippen molar-refractivity contribution in [3.05, 3.63) is 70.2 Å². The Morgan fingerprint density at radius 2 is 1.75 bits per heavy atom. The summed E-state index contributed by atoms with van der Waals surface area (Å²) in [4.78, 5) is 14.7. The Kier molecular flexibility index (Phi) is 5.46. The van der Waals surface area contributed by atoms with Crippen molar-refractivity contribution in [3.8, 4) is 11.3 Å². The lowest BCUT2D eigenvalue weighted by molar-refractivity contribution is 0.102. The van der Waals surface area contributed by atoms with Crippen LogP contribution in [0.5, 0.6) is 0 Å². The molecule has 1 N–H and O–H groups in total. The van der Waals surface area contributed by atoms with E-state index in [1.54, 1.807) is 18.2 Å². The maximum atomic E-state index is 12.5. The Morgan fingerprint density at radius 1 is 0.929 bits per heavy atom. The molecule has 1 amide bonds. The summed E-state index contributed by atoms with van der Waals surface area (Å²) in [5.41, 5.74) is 2.74. The van der Waals surface area contributed by atoms with Gasteiger partial charge in [-0.2, -0.15) is 0 Å². The third kappa shape index (κ3) is 4.11. The number of hydrogen-bond donors (Lipinski definition) is 1. The molecule has 0 radical (unpaired) electrons. The van der Waals surface area contributed by atoms with Crippen molar-refractivity contribution < 1.29 is 4.79 Å². The van der Waals surface area contributed by atoms with Gasteiger partial charge in [0.2, 0.25) is 0 Å². The average molecular weight is 413 g/mol. The van der Waals surface area contributed by atoms with E-state index in [1.807, 2.05) is 36.4 Å². The molecule has 28 heavy (non-hydrogen) atoms. The molecule has 5 nitrogen and oxygen atoms in total. The van der Waals surface area contributed by atoms with Crippen molar-refractivity contribution in [3.63, 3.8) is 0 Å². The average Bonchev–Trinajstić information content (AvgIpc) is 3.25. The number of amides is 1. The van der Waals surface area contributed by atoms with E-state index in [9.17, 15) is 4.79 Å². The number of nitrogens with zero attached hydrogens (tertiary/aromatic N) is 3. The Hall–Kier alpha value is -2.63. The van der Waals surface area contributed by atoms with Crippen LogP contribution < -0.4 is 10.2 Å². The molecule has 0 aliphatic carbocycles. The summed E-state index contributed by atoms with van der Waals surface area (Å²) in [5.74, 6) is 0.650. The van der Waals surface area contributed by atoms with Gasteiger partial charge in [-0.15, -0.1) is 10.2 Å². The van der Waals surface area contributed by atoms with Gasteiger partial charge in [-0.3, -0.25) is 4.79 Å². The van der Waals surface area contributed by atoms with Gasteiger partial charge in [-0.05, 0) is 55.3 Å². The molecule has 0 atom stereocenters. The van der Waals surface area contributed by atoms with Gasteiger partial charge in [0.1, 0.15) is 0 Å². The van der Waals surface area contributed by atoms with E-state index >= 15 is 0 Å². The van der Waals surface area contributed by atoms with E-state index in [-0.39, 0.29) is 5.91 Å². The molecule has 0 saturated carbocycles. The smallest absolute Gasteiger partial charge is 0.255 e. The van der Waals surface area contributed by atoms with Gasteiger partial charge in [0, 0.05) is 29.9 Å². The summed E-state index contributed by atoms with van der Waals surface area (Å²) in [6.45, 7) is 2.06. The maximum absolute atomic E-state index is 12.5. The van der Waals surface area contributed by atoms with Crippen LogP contribution in [0.4, 0.5) is 11.5 Å². The highest BCUT2D eigenvalue weighted by atomic mass is 35.5. The lowest BCUT2D eigenvalue weighted by Gasteiger charge is -2.15. The number of carbonyl (C=O) groups excluding carboxylic acids is 1. The largest absolute Gasteiger partial charge is 0.355 e. The van der Waals surface area contributed by atoms with Crippen LogP contribution in [-0.2, 0) is 0 Å². The van der Waals surface area contributed by atoms with Gasteiger partial charge >= 0.3 is 0 Å². The molecule has 1 fully saturated rings. The summed E-state index contributed by atoms with van der Waals surface area (Å²) < 4.78 is 0. The molecule has 1 saturated heterocycles. The summed E-state index contributed by atoms with van der Waals surface area (Å²) in [6.07, 6.45) is 2.40. The zero-order valence-electron chi connectivity index (χ0n) is 15.0. The fourth-order valence-electron chi connectivity index (χ4n) is 3.19. The van der Waals surface area contributed by atoms with Gasteiger partial charge < -0.3 is 10.2 Å². The molecule has 0 bridgehead atoms. The highest BCUT2D eigenvalue weighted by Gasteiger charge is 2.14. The first-order chi connectivity index (χ1) is 13.6. The van der Waals surface area contributed by atoms with E-state index in [0.717, 1.165) is 30.2 Å². The van der Waals surface area contributed by atoms with Crippen LogP contribution in [0.25, 0.3) is 11.3 Å². The molecular weight excluding hydrogens is 395 g/mol. The Labute approximate surface area is 173 Å². The highest BCUT2D eigenvalue weighted by Crippen LogP contribution is 2.25. The number of anilines is 2. The SMILES string of the molecule is O=C(Nc1cccc(-c2ccc(N3CCCC3)nn2)c1)c1ccc(Cl)c(Cl)c1. The van der Waals surface area contributed by atoms with Crippen LogP contribution in [0.1, 0.15) is 23.2 Å². The van der Waals surface area contributed by atoms with E-state index in [1.165, 1.54) is 12.8 Å². The summed E-state index contributed by atoms with van der Waals surface area (Å²) in [7, 11) is 0. The Balaban J connectivity index is 1.51. The van der Waals surface area contributed by atoms with Gasteiger partial charge in [0.15, 0.2) is 5.82 Å². The normalized spacial score (nSPS) is 13.6. The number of hydrogen-bond acceptors (Lipinski definition) is 4. The number of nitrogens with one attached hydrogen (secondary N) is 1. The monoisotopic (exact) mass is 412 g/mol. The molecule has 0 spiro atoms. The lowest BCUT2D eigenvalue weighted by atomic mass is 10.1. The first-order valence-corrected chi connectivity index (χ1v) is 9.81. The Morgan fingerprint density at radius 3 is 2.46 bits per heavy atom. The second kappa shape index (κ2) is 8.17. The molecule has 142 valence electrons. The van der Waals surface area contributed by atoms with Gasteiger partial charge in [0.25, 0.3) is 5.91 Å². The molecule has 4 rings (SSSR count). The fraction of sp³-hybridized carbons (Fsp3) is 0.190. The molecule has 1 aliphatic rings. The number of halogens is 2. The summed E-state index contributed by atoms with van der Waals surface area (Å²) in [6, 6.07) is 16.2. The molecule has 1 aliphatic heterocycles. The van der Waals surface area contributed by atoms with Crippen LogP contribution >= 0.6 is 23.2 Å². The first-order valence-electron chi connectivity index (χ1n) is 9.06. The molecule has 3 aromatic rings. The van der Waals surface area contributed by atoms with E-state index in [0.29, 0.717) is 21.3 Å². The lowest BCUT2D eigenvalue weighted by Crippen LogP contribution is -2.19. The van der Waals surface area contributed by atoms with Crippen LogP contribution in [0.3, 0.4) is 0 Å². The van der Waals surface area contributed by atoms with Crippen molar-refractivity contribution in [2.24, 2.45) is 0 Å². The minimum absolute atomic E-state index is 0.258. The maximum Gasteiger partial charge on any atom is 0.255 e. The fourth-order valence-corrected chi connectivity index (χ4v) is 3.49. The van der Waals surface area contributed by atoms with E-state index < -0.39 is 0 Å². The minimum atomic E-state index is -0.258. The molecule has 0 unspecified atom stereocenters. The van der Waals surface area contributed by atoms with Crippen molar-refractivity contribution in [2.45, 2.75) is 12.8 Å². The summed E-state index contributed by atoms with van der Waals surface area (Å²) >= 11 is 11.9. The standard InChI is InChI=1S/C21H18Cl2N4O/c22-17-7-6-15(13-18(17)23)21(28)24-16-5-3-4-14(12-16)19-8-9-20(26-25-19)27-10-1-2-11-27/h3-9,12-13H,1-2,10-11H2,(H,24,28). The van der Waals surface area contributed by atoms with Crippen molar-refractivity contribution in [1.29, 1.82) is 0 Å². The first kappa shape index (κ1) is 18.7. The zero-order chi connectivity index (χ0) is 19.5. The second-order valence-electron chi connectivity index (χ2n) is 6.63. The molecule has 2 aromatic carbocycles. The van der Waals surface area contributed by atoms with Gasteiger partial charge in [-0.1, -0.05) is 35.3 Å². The van der Waals surface area contributed by atoms with Crippen molar-refractivity contribution >= 4 is 40.6 Å². The Bertz CT molecular complexity index is 1000. The number of rotatable bonds is 4. The predicted octanol–water partition coefficient (Wildman–Crippen LogP) is 5.30. The third-order valence-electron chi connectivity index (χ3n) is 4.68. The topological polar surface area (TPSA) is 58.1 Å². The van der Waals surface area contributed by atoms with Crippen LogP contribution in [0, 0.1) is 0 Å². The molecular formula is C21H18Cl2N4O. The number of carbonyl (C=O) groups is 1. The minimum Gasteiger partial charge on any atom is -0.355 e. The third-order valence-corrected chi connectivity index (χ3v) is 5.42. The van der Waals surface area contributed by atoms with Crippen LogP contribution in [0.2, 0.25) is 10.0 Å². The zero-order valence-corrected chi connectivity index (χ0v) is 16.5. The second-order valence-corrected chi connectivity index (χ2v) is 7.45. The van der Waals surface area contributed by atoms with Gasteiger partial charge in [0.05, 0.1) is 15.7 Å². The van der Waals surface area contributed by atoms with Crippen LogP contribution in [0.15, 0.2) is 54.6 Å². The predicted molar refractivity (Wildman–Crippen MR) is 113 cm³/mol. The van der Waals surface area contributed by atoms with Gasteiger partial charge in [-0.25, -0.2) is 0 Å². The van der Waals surface area contributed by atoms with E-state index in [4.69, 9.17) is 23.2 Å². The molecule has 2 heterocycles. The quantitative estimate of drug-likeness (QED) is 0.631. The number of benzene rings is 2.